The molecule has 154 valence electrons. The van der Waals surface area contributed by atoms with Crippen molar-refractivity contribution in [3.8, 4) is 5.75 Å². The number of carbonyl (C=O) groups is 1. The highest BCUT2D eigenvalue weighted by atomic mass is 16.5. The Labute approximate surface area is 178 Å². The lowest BCUT2D eigenvalue weighted by molar-refractivity contribution is -0.181. The number of carbonyl (C=O) groups excluding carboxylic acids is 1. The second-order valence-corrected chi connectivity index (χ2v) is 8.13. The average molecular weight is 402 g/mol. The van der Waals surface area contributed by atoms with Gasteiger partial charge in [0.25, 0.3) is 5.91 Å². The summed E-state index contributed by atoms with van der Waals surface area (Å²) in [6.45, 7) is 5.34. The van der Waals surface area contributed by atoms with Crippen molar-refractivity contribution in [2.45, 2.75) is 38.7 Å². The lowest BCUT2D eigenvalue weighted by atomic mass is 9.99. The summed E-state index contributed by atoms with van der Waals surface area (Å²) in [5.41, 5.74) is 2.43. The zero-order valence-electron chi connectivity index (χ0n) is 17.5. The van der Waals surface area contributed by atoms with Gasteiger partial charge in [-0.1, -0.05) is 72.8 Å². The van der Waals surface area contributed by atoms with Gasteiger partial charge in [0.15, 0.2) is 0 Å². The Hall–Kier alpha value is -3.11. The predicted molar refractivity (Wildman–Crippen MR) is 117 cm³/mol. The van der Waals surface area contributed by atoms with Crippen LogP contribution in [0.2, 0.25) is 0 Å². The Morgan fingerprint density at radius 2 is 1.50 bits per heavy atom. The third kappa shape index (κ3) is 4.71. The number of benzene rings is 3. The Balaban J connectivity index is 1.45. The second kappa shape index (κ2) is 8.72. The van der Waals surface area contributed by atoms with Crippen LogP contribution in [0.4, 0.5) is 0 Å². The zero-order valence-corrected chi connectivity index (χ0v) is 17.5. The molecule has 0 spiro atoms. The molecule has 3 aromatic rings. The fourth-order valence-corrected chi connectivity index (χ4v) is 3.74. The van der Waals surface area contributed by atoms with E-state index in [2.05, 4.69) is 0 Å². The van der Waals surface area contributed by atoms with Crippen LogP contribution in [0.1, 0.15) is 36.6 Å². The highest BCUT2D eigenvalue weighted by molar-refractivity contribution is 5.85. The average Bonchev–Trinajstić information content (AvgIpc) is 2.77. The number of morpholine rings is 1. The molecule has 1 aliphatic heterocycles. The van der Waals surface area contributed by atoms with E-state index in [4.69, 9.17) is 9.47 Å². The van der Waals surface area contributed by atoms with Crippen LogP contribution in [-0.4, -0.2) is 23.0 Å². The summed E-state index contributed by atoms with van der Waals surface area (Å²) in [4.78, 5) is 14.8. The van der Waals surface area contributed by atoms with E-state index in [0.29, 0.717) is 19.7 Å². The van der Waals surface area contributed by atoms with Crippen molar-refractivity contribution in [1.82, 2.24) is 4.90 Å². The van der Waals surface area contributed by atoms with Crippen molar-refractivity contribution in [1.29, 1.82) is 0 Å². The van der Waals surface area contributed by atoms with Crippen LogP contribution in [-0.2, 0) is 22.7 Å². The maximum atomic E-state index is 12.9. The second-order valence-electron chi connectivity index (χ2n) is 8.13. The van der Waals surface area contributed by atoms with Gasteiger partial charge in [-0.05, 0) is 42.7 Å². The van der Waals surface area contributed by atoms with E-state index in [1.165, 1.54) is 0 Å². The molecule has 30 heavy (non-hydrogen) atoms. The number of hydrogen-bond donors (Lipinski definition) is 0. The van der Waals surface area contributed by atoms with E-state index in [0.717, 1.165) is 22.4 Å². The van der Waals surface area contributed by atoms with E-state index in [1.54, 1.807) is 0 Å². The van der Waals surface area contributed by atoms with Crippen molar-refractivity contribution in [3.63, 3.8) is 0 Å². The molecular weight excluding hydrogens is 374 g/mol. The van der Waals surface area contributed by atoms with Crippen LogP contribution in [0.5, 0.6) is 5.75 Å². The maximum absolute atomic E-state index is 12.9. The highest BCUT2D eigenvalue weighted by Gasteiger charge is 2.41. The number of rotatable bonds is 6. The fourth-order valence-electron chi connectivity index (χ4n) is 3.74. The zero-order chi connectivity index (χ0) is 21.0. The third-order valence-electron chi connectivity index (χ3n) is 5.34. The number of nitrogens with zero attached hydrogens (tertiary/aromatic N) is 1. The molecule has 4 rings (SSSR count). The summed E-state index contributed by atoms with van der Waals surface area (Å²) in [5, 5.41) is 0. The van der Waals surface area contributed by atoms with Crippen LogP contribution in [0.3, 0.4) is 0 Å². The molecule has 1 fully saturated rings. The SMILES string of the molecule is CC1(C)OC(c2ccc(OCc3ccccc3)cc2)CN(Cc2ccccc2)C1=O. The van der Waals surface area contributed by atoms with Crippen molar-refractivity contribution in [2.75, 3.05) is 6.54 Å². The van der Waals surface area contributed by atoms with Gasteiger partial charge < -0.3 is 14.4 Å². The molecule has 1 heterocycles. The van der Waals surface area contributed by atoms with Crippen molar-refractivity contribution < 1.29 is 14.3 Å². The summed E-state index contributed by atoms with van der Waals surface area (Å²) in [5.74, 6) is 0.834. The molecule has 0 aliphatic carbocycles. The molecule has 0 radical (unpaired) electrons. The molecule has 1 saturated heterocycles. The minimum Gasteiger partial charge on any atom is -0.489 e. The van der Waals surface area contributed by atoms with Gasteiger partial charge in [0.05, 0.1) is 6.54 Å². The predicted octanol–water partition coefficient (Wildman–Crippen LogP) is 5.14. The molecule has 4 nitrogen and oxygen atoms in total. The van der Waals surface area contributed by atoms with E-state index < -0.39 is 5.60 Å². The lowest BCUT2D eigenvalue weighted by Crippen LogP contribution is -2.53. The van der Waals surface area contributed by atoms with Crippen LogP contribution < -0.4 is 4.74 Å². The number of amides is 1. The van der Waals surface area contributed by atoms with Gasteiger partial charge in [0.1, 0.15) is 24.1 Å². The fraction of sp³-hybridized carbons (Fsp3) is 0.269. The number of ether oxygens (including phenoxy) is 2. The molecule has 0 bridgehead atoms. The van der Waals surface area contributed by atoms with Crippen LogP contribution in [0.25, 0.3) is 0 Å². The Kier molecular flexibility index (Phi) is 5.86. The first-order valence-corrected chi connectivity index (χ1v) is 10.3. The molecule has 0 saturated carbocycles. The minimum absolute atomic E-state index is 0.0189. The topological polar surface area (TPSA) is 38.8 Å². The van der Waals surface area contributed by atoms with E-state index >= 15 is 0 Å². The van der Waals surface area contributed by atoms with Crippen molar-refractivity contribution in [3.05, 3.63) is 102 Å². The first-order chi connectivity index (χ1) is 14.5. The molecule has 1 unspecified atom stereocenters. The van der Waals surface area contributed by atoms with E-state index in [-0.39, 0.29) is 12.0 Å². The van der Waals surface area contributed by atoms with Gasteiger partial charge in [-0.15, -0.1) is 0 Å². The summed E-state index contributed by atoms with van der Waals surface area (Å²) in [6.07, 6.45) is -0.176. The lowest BCUT2D eigenvalue weighted by Gasteiger charge is -2.42. The van der Waals surface area contributed by atoms with Crippen molar-refractivity contribution >= 4 is 5.91 Å². The van der Waals surface area contributed by atoms with Gasteiger partial charge >= 0.3 is 0 Å². The Bertz CT molecular complexity index is 968. The third-order valence-corrected chi connectivity index (χ3v) is 5.34. The first kappa shape index (κ1) is 20.2. The summed E-state index contributed by atoms with van der Waals surface area (Å²) in [6, 6.07) is 28.2. The molecule has 1 aliphatic rings. The maximum Gasteiger partial charge on any atom is 0.254 e. The largest absolute Gasteiger partial charge is 0.489 e. The Morgan fingerprint density at radius 3 is 2.13 bits per heavy atom. The van der Waals surface area contributed by atoms with E-state index in [9.17, 15) is 4.79 Å². The molecular formula is C26H27NO3. The molecule has 4 heteroatoms. The van der Waals surface area contributed by atoms with Crippen LogP contribution in [0.15, 0.2) is 84.9 Å². The van der Waals surface area contributed by atoms with Gasteiger partial charge in [-0.25, -0.2) is 0 Å². The van der Waals surface area contributed by atoms with Gasteiger partial charge in [-0.3, -0.25) is 4.79 Å². The van der Waals surface area contributed by atoms with Crippen molar-refractivity contribution in [2.24, 2.45) is 0 Å². The molecule has 1 atom stereocenters. The van der Waals surface area contributed by atoms with Crippen LogP contribution >= 0.6 is 0 Å². The van der Waals surface area contributed by atoms with E-state index in [1.807, 2.05) is 104 Å². The normalized spacial score (nSPS) is 18.3. The summed E-state index contributed by atoms with van der Waals surface area (Å²) in [7, 11) is 0. The Morgan fingerprint density at radius 1 is 0.900 bits per heavy atom. The smallest absolute Gasteiger partial charge is 0.254 e. The number of hydrogen-bond acceptors (Lipinski definition) is 3. The monoisotopic (exact) mass is 401 g/mol. The quantitative estimate of drug-likeness (QED) is 0.574. The molecule has 0 aromatic heterocycles. The molecule has 1 amide bonds. The summed E-state index contributed by atoms with van der Waals surface area (Å²) >= 11 is 0. The minimum atomic E-state index is -0.861. The highest BCUT2D eigenvalue weighted by Crippen LogP contribution is 2.33. The van der Waals surface area contributed by atoms with Gasteiger partial charge in [0, 0.05) is 6.54 Å². The van der Waals surface area contributed by atoms with Gasteiger partial charge in [-0.2, -0.15) is 0 Å². The molecule has 3 aromatic carbocycles. The van der Waals surface area contributed by atoms with Gasteiger partial charge in [0.2, 0.25) is 0 Å². The standard InChI is InChI=1S/C26H27NO3/c1-26(2)25(28)27(17-20-9-5-3-6-10-20)18-24(30-26)22-13-15-23(16-14-22)29-19-21-11-7-4-8-12-21/h3-16,24H,17-19H2,1-2H3. The van der Waals surface area contributed by atoms with Crippen LogP contribution in [0, 0.1) is 0 Å². The summed E-state index contributed by atoms with van der Waals surface area (Å²) < 4.78 is 12.1. The first-order valence-electron chi connectivity index (χ1n) is 10.3. The molecule has 0 N–H and O–H groups in total.